The van der Waals surface area contributed by atoms with Crippen molar-refractivity contribution in [1.29, 1.82) is 0 Å². The van der Waals surface area contributed by atoms with Gasteiger partial charge in [-0.3, -0.25) is 0 Å². The molecule has 0 spiro atoms. The lowest BCUT2D eigenvalue weighted by Gasteiger charge is -1.67. The fourth-order valence-electron chi connectivity index (χ4n) is 0.144. The minimum Gasteiger partial charge on any atom is -0.320 e. The highest BCUT2D eigenvalue weighted by Gasteiger charge is 1.55. The fraction of sp³-hybridized carbons (Fsp3) is 0.750. The Morgan fingerprint density at radius 1 is 0.800 bits per heavy atom. The quantitative estimate of drug-likeness (QED) is 0.497. The molecule has 0 saturated carbocycles. The van der Waals surface area contributed by atoms with Crippen LogP contribution in [0.25, 0.3) is 0 Å². The zero-order chi connectivity index (χ0) is 8.83. The van der Waals surface area contributed by atoms with Crippen LogP contribution in [-0.2, 0) is 0 Å². The molecule has 0 radical (unpaired) electrons. The fourth-order valence-corrected chi connectivity index (χ4v) is 0.144. The third kappa shape index (κ3) is 51.1. The summed E-state index contributed by atoms with van der Waals surface area (Å²) >= 11 is 0. The van der Waals surface area contributed by atoms with Crippen molar-refractivity contribution in [3.63, 3.8) is 0 Å². The van der Waals surface area contributed by atoms with Crippen molar-refractivity contribution < 1.29 is 0 Å². The zero-order valence-electron chi connectivity index (χ0n) is 7.57. The summed E-state index contributed by atoms with van der Waals surface area (Å²) in [5.74, 6) is 5.20. The van der Waals surface area contributed by atoms with Crippen LogP contribution in [0.2, 0.25) is 0 Å². The largest absolute Gasteiger partial charge is 0.320 e. The summed E-state index contributed by atoms with van der Waals surface area (Å²) in [4.78, 5) is 0. The first-order chi connectivity index (χ1) is 4.91. The molecule has 0 amide bonds. The summed E-state index contributed by atoms with van der Waals surface area (Å²) in [7, 11) is 0. The van der Waals surface area contributed by atoms with Gasteiger partial charge in [0.15, 0.2) is 0 Å². The molecule has 0 aromatic heterocycles. The first kappa shape index (κ1) is 16.2. The SMILES string of the molecule is CC.CC.NCC#CCN. The molecule has 0 unspecified atom stereocenters. The summed E-state index contributed by atoms with van der Waals surface area (Å²) in [6.45, 7) is 8.83. The Bertz CT molecular complexity index is 61.1. The van der Waals surface area contributed by atoms with Gasteiger partial charge in [0.05, 0.1) is 13.1 Å². The summed E-state index contributed by atoms with van der Waals surface area (Å²) in [5.41, 5.74) is 9.97. The number of nitrogens with two attached hydrogens (primary N) is 2. The van der Waals surface area contributed by atoms with Crippen molar-refractivity contribution >= 4 is 0 Å². The van der Waals surface area contributed by atoms with Crippen LogP contribution in [0.3, 0.4) is 0 Å². The van der Waals surface area contributed by atoms with E-state index in [9.17, 15) is 0 Å². The van der Waals surface area contributed by atoms with Crippen molar-refractivity contribution in [2.24, 2.45) is 11.5 Å². The lowest BCUT2D eigenvalue weighted by atomic mass is 10.6. The van der Waals surface area contributed by atoms with Crippen LogP contribution in [-0.4, -0.2) is 13.1 Å². The van der Waals surface area contributed by atoms with Crippen LogP contribution in [0, 0.1) is 11.8 Å². The molecule has 0 fully saturated rings. The van der Waals surface area contributed by atoms with Gasteiger partial charge in [-0.25, -0.2) is 0 Å². The first-order valence-corrected chi connectivity index (χ1v) is 3.77. The second-order valence-electron chi connectivity index (χ2n) is 0.762. The molecule has 0 saturated heterocycles. The molecule has 0 atom stereocenters. The molecule has 0 aromatic rings. The molecule has 0 bridgehead atoms. The zero-order valence-corrected chi connectivity index (χ0v) is 7.57. The van der Waals surface area contributed by atoms with Crippen LogP contribution in [0.4, 0.5) is 0 Å². The van der Waals surface area contributed by atoms with Crippen LogP contribution in [0.5, 0.6) is 0 Å². The average Bonchev–Trinajstić information content (AvgIpc) is 2.08. The molecular weight excluding hydrogens is 124 g/mol. The second-order valence-corrected chi connectivity index (χ2v) is 0.762. The number of hydrogen-bond acceptors (Lipinski definition) is 2. The highest BCUT2D eigenvalue weighted by atomic mass is 14.5. The van der Waals surface area contributed by atoms with E-state index in [0.717, 1.165) is 0 Å². The third-order valence-electron chi connectivity index (χ3n) is 0.329. The summed E-state index contributed by atoms with van der Waals surface area (Å²) in [5, 5.41) is 0. The number of rotatable bonds is 0. The van der Waals surface area contributed by atoms with Crippen molar-refractivity contribution in [1.82, 2.24) is 0 Å². The molecule has 0 aromatic carbocycles. The van der Waals surface area contributed by atoms with Gasteiger partial charge in [-0.2, -0.15) is 0 Å². The van der Waals surface area contributed by atoms with E-state index in [0.29, 0.717) is 13.1 Å². The van der Waals surface area contributed by atoms with E-state index in [4.69, 9.17) is 11.5 Å². The Hall–Kier alpha value is -0.520. The highest BCUT2D eigenvalue weighted by molar-refractivity contribution is 5.00. The van der Waals surface area contributed by atoms with Crippen LogP contribution in [0.15, 0.2) is 0 Å². The van der Waals surface area contributed by atoms with Gasteiger partial charge in [-0.05, 0) is 0 Å². The Balaban J connectivity index is -0.000000105. The molecular formula is C8H20N2. The normalized spacial score (nSPS) is 5.00. The average molecular weight is 144 g/mol. The minimum absolute atomic E-state index is 0.414. The van der Waals surface area contributed by atoms with Crippen LogP contribution >= 0.6 is 0 Å². The summed E-state index contributed by atoms with van der Waals surface area (Å²) in [6, 6.07) is 0. The topological polar surface area (TPSA) is 52.0 Å². The van der Waals surface area contributed by atoms with Crippen molar-refractivity contribution in [3.05, 3.63) is 0 Å². The van der Waals surface area contributed by atoms with Gasteiger partial charge in [-0.1, -0.05) is 39.5 Å². The standard InChI is InChI=1S/C4H8N2.2C2H6/c5-3-1-2-4-6;2*1-2/h3-6H2;2*1-2H3. The first-order valence-electron chi connectivity index (χ1n) is 3.77. The highest BCUT2D eigenvalue weighted by Crippen LogP contribution is 1.41. The Morgan fingerprint density at radius 3 is 1.10 bits per heavy atom. The smallest absolute Gasteiger partial charge is 0.0551 e. The maximum Gasteiger partial charge on any atom is 0.0551 e. The van der Waals surface area contributed by atoms with E-state index >= 15 is 0 Å². The molecule has 0 aliphatic carbocycles. The van der Waals surface area contributed by atoms with E-state index in [1.54, 1.807) is 0 Å². The molecule has 4 N–H and O–H groups in total. The lowest BCUT2D eigenvalue weighted by Crippen LogP contribution is -1.97. The molecule has 0 heterocycles. The Labute approximate surface area is 65.0 Å². The van der Waals surface area contributed by atoms with E-state index in [-0.39, 0.29) is 0 Å². The second kappa shape index (κ2) is 39.2. The van der Waals surface area contributed by atoms with Gasteiger partial charge in [0, 0.05) is 0 Å². The minimum atomic E-state index is 0.414. The lowest BCUT2D eigenvalue weighted by molar-refractivity contribution is 1.26. The molecule has 2 nitrogen and oxygen atoms in total. The van der Waals surface area contributed by atoms with E-state index in [1.807, 2.05) is 27.7 Å². The maximum absolute atomic E-state index is 4.99. The molecule has 0 aliphatic rings. The van der Waals surface area contributed by atoms with Gasteiger partial charge in [0.25, 0.3) is 0 Å². The molecule has 62 valence electrons. The van der Waals surface area contributed by atoms with Gasteiger partial charge >= 0.3 is 0 Å². The number of hydrogen-bond donors (Lipinski definition) is 2. The van der Waals surface area contributed by atoms with Crippen molar-refractivity contribution in [2.75, 3.05) is 13.1 Å². The van der Waals surface area contributed by atoms with Crippen molar-refractivity contribution in [3.8, 4) is 11.8 Å². The van der Waals surface area contributed by atoms with E-state index < -0.39 is 0 Å². The Kier molecular flexibility index (Phi) is 63.6. The van der Waals surface area contributed by atoms with Crippen molar-refractivity contribution in [2.45, 2.75) is 27.7 Å². The molecule has 10 heavy (non-hydrogen) atoms. The third-order valence-corrected chi connectivity index (χ3v) is 0.329. The van der Waals surface area contributed by atoms with Gasteiger partial charge < -0.3 is 11.5 Å². The molecule has 0 aliphatic heterocycles. The summed E-state index contributed by atoms with van der Waals surface area (Å²) in [6.07, 6.45) is 0. The Morgan fingerprint density at radius 2 is 1.00 bits per heavy atom. The van der Waals surface area contributed by atoms with Gasteiger partial charge in [-0.15, -0.1) is 0 Å². The predicted octanol–water partition coefficient (Wildman–Crippen LogP) is 0.960. The van der Waals surface area contributed by atoms with Crippen LogP contribution in [0.1, 0.15) is 27.7 Å². The monoisotopic (exact) mass is 144 g/mol. The maximum atomic E-state index is 4.99. The van der Waals surface area contributed by atoms with Crippen LogP contribution < -0.4 is 11.5 Å². The predicted molar refractivity (Wildman–Crippen MR) is 48.6 cm³/mol. The van der Waals surface area contributed by atoms with Gasteiger partial charge in [0.1, 0.15) is 0 Å². The molecule has 0 rings (SSSR count). The summed E-state index contributed by atoms with van der Waals surface area (Å²) < 4.78 is 0. The molecule has 2 heteroatoms. The van der Waals surface area contributed by atoms with E-state index in [1.165, 1.54) is 0 Å². The van der Waals surface area contributed by atoms with Gasteiger partial charge in [0.2, 0.25) is 0 Å². The van der Waals surface area contributed by atoms with E-state index in [2.05, 4.69) is 11.8 Å².